The molecule has 0 fully saturated rings. The molecule has 0 radical (unpaired) electrons. The number of carbonyl (C=O) groups excluding carboxylic acids is 2. The topological polar surface area (TPSA) is 52.6 Å². The van der Waals surface area contributed by atoms with Gasteiger partial charge in [-0.2, -0.15) is 0 Å². The summed E-state index contributed by atoms with van der Waals surface area (Å²) in [6.07, 6.45) is -0.466. The Kier molecular flexibility index (Phi) is 4.54. The van der Waals surface area contributed by atoms with Crippen molar-refractivity contribution in [2.45, 2.75) is 6.42 Å². The van der Waals surface area contributed by atoms with Gasteiger partial charge < -0.3 is 9.47 Å². The quantitative estimate of drug-likeness (QED) is 0.297. The molecule has 0 bridgehead atoms. The van der Waals surface area contributed by atoms with Crippen molar-refractivity contribution in [3.63, 3.8) is 0 Å². The van der Waals surface area contributed by atoms with Gasteiger partial charge in [0.05, 0.1) is 0 Å². The fourth-order valence-electron chi connectivity index (χ4n) is 3.00. The standard InChI is InChI=1S/C23H16O4/c24-22(26-20-13-5-9-16-7-1-3-11-18(16)20)15-23(25)27-21-14-6-10-17-8-2-4-12-19(17)21/h1-14H,15H2. The van der Waals surface area contributed by atoms with E-state index in [9.17, 15) is 9.59 Å². The molecule has 0 aliphatic heterocycles. The first-order chi connectivity index (χ1) is 13.2. The first-order valence-corrected chi connectivity index (χ1v) is 8.57. The molecule has 4 nitrogen and oxygen atoms in total. The minimum Gasteiger partial charge on any atom is -0.425 e. The first kappa shape index (κ1) is 16.8. The van der Waals surface area contributed by atoms with Crippen molar-refractivity contribution in [1.82, 2.24) is 0 Å². The fraction of sp³-hybridized carbons (Fsp3) is 0.0435. The van der Waals surface area contributed by atoms with E-state index in [1.165, 1.54) is 0 Å². The highest BCUT2D eigenvalue weighted by atomic mass is 16.6. The number of carbonyl (C=O) groups is 2. The minimum atomic E-state index is -0.656. The molecular weight excluding hydrogens is 340 g/mol. The van der Waals surface area contributed by atoms with Crippen LogP contribution in [-0.4, -0.2) is 11.9 Å². The molecule has 0 aliphatic carbocycles. The Hall–Kier alpha value is -3.66. The summed E-state index contributed by atoms with van der Waals surface area (Å²) in [6, 6.07) is 26.0. The average Bonchev–Trinajstić information content (AvgIpc) is 2.68. The van der Waals surface area contributed by atoms with Crippen LogP contribution in [-0.2, 0) is 9.59 Å². The zero-order valence-electron chi connectivity index (χ0n) is 14.4. The summed E-state index contributed by atoms with van der Waals surface area (Å²) < 4.78 is 10.8. The molecule has 27 heavy (non-hydrogen) atoms. The number of ether oxygens (including phenoxy) is 2. The molecule has 4 aromatic rings. The number of esters is 2. The van der Waals surface area contributed by atoms with Crippen LogP contribution in [0.4, 0.5) is 0 Å². The molecule has 0 heterocycles. The van der Waals surface area contributed by atoms with Crippen molar-refractivity contribution < 1.29 is 19.1 Å². The lowest BCUT2D eigenvalue weighted by atomic mass is 10.1. The van der Waals surface area contributed by atoms with Crippen molar-refractivity contribution in [1.29, 1.82) is 0 Å². The van der Waals surface area contributed by atoms with Crippen LogP contribution in [0.5, 0.6) is 11.5 Å². The minimum absolute atomic E-state index is 0.427. The van der Waals surface area contributed by atoms with Crippen LogP contribution in [0.1, 0.15) is 6.42 Å². The van der Waals surface area contributed by atoms with Gasteiger partial charge in [-0.25, -0.2) is 0 Å². The lowest BCUT2D eigenvalue weighted by Crippen LogP contribution is -2.18. The second-order valence-corrected chi connectivity index (χ2v) is 6.08. The number of hydrogen-bond donors (Lipinski definition) is 0. The van der Waals surface area contributed by atoms with Crippen LogP contribution in [0.15, 0.2) is 84.9 Å². The number of rotatable bonds is 4. The third kappa shape index (κ3) is 3.65. The summed E-state index contributed by atoms with van der Waals surface area (Å²) >= 11 is 0. The Bertz CT molecular complexity index is 1050. The van der Waals surface area contributed by atoms with Crippen molar-refractivity contribution in [2.75, 3.05) is 0 Å². The van der Waals surface area contributed by atoms with E-state index in [1.54, 1.807) is 24.3 Å². The Labute approximate surface area is 155 Å². The van der Waals surface area contributed by atoms with Crippen LogP contribution >= 0.6 is 0 Å². The highest BCUT2D eigenvalue weighted by Gasteiger charge is 2.16. The predicted molar refractivity (Wildman–Crippen MR) is 104 cm³/mol. The highest BCUT2D eigenvalue weighted by Crippen LogP contribution is 2.27. The van der Waals surface area contributed by atoms with Crippen LogP contribution in [0.3, 0.4) is 0 Å². The molecule has 4 heteroatoms. The molecule has 4 rings (SSSR count). The van der Waals surface area contributed by atoms with Gasteiger partial charge in [0.1, 0.15) is 17.9 Å². The average molecular weight is 356 g/mol. The molecule has 0 aromatic heterocycles. The van der Waals surface area contributed by atoms with Gasteiger partial charge in [-0.05, 0) is 22.9 Å². The number of hydrogen-bond acceptors (Lipinski definition) is 4. The van der Waals surface area contributed by atoms with E-state index in [1.807, 2.05) is 60.7 Å². The van der Waals surface area contributed by atoms with Crippen molar-refractivity contribution in [2.24, 2.45) is 0 Å². The van der Waals surface area contributed by atoms with Crippen molar-refractivity contribution in [3.8, 4) is 11.5 Å². The molecule has 4 aromatic carbocycles. The normalized spacial score (nSPS) is 10.7. The molecular formula is C23H16O4. The van der Waals surface area contributed by atoms with Gasteiger partial charge in [0.25, 0.3) is 0 Å². The van der Waals surface area contributed by atoms with Gasteiger partial charge in [-0.1, -0.05) is 72.8 Å². The SMILES string of the molecule is O=C(CC(=O)Oc1cccc2ccccc12)Oc1cccc2ccccc12. The molecule has 0 amide bonds. The number of fused-ring (bicyclic) bond motifs is 2. The molecule has 0 aliphatic rings. The van der Waals surface area contributed by atoms with Gasteiger partial charge in [0.2, 0.25) is 0 Å². The summed E-state index contributed by atoms with van der Waals surface area (Å²) in [5.74, 6) is -0.458. The number of benzene rings is 4. The van der Waals surface area contributed by atoms with Crippen LogP contribution in [0, 0.1) is 0 Å². The van der Waals surface area contributed by atoms with Crippen LogP contribution in [0.2, 0.25) is 0 Å². The maximum absolute atomic E-state index is 12.2. The van der Waals surface area contributed by atoms with Crippen molar-refractivity contribution >= 4 is 33.5 Å². The summed E-state index contributed by atoms with van der Waals surface area (Å²) in [4.78, 5) is 24.4. The predicted octanol–water partition coefficient (Wildman–Crippen LogP) is 4.89. The smallest absolute Gasteiger partial charge is 0.322 e. The Morgan fingerprint density at radius 1 is 0.556 bits per heavy atom. The summed E-state index contributed by atoms with van der Waals surface area (Å²) in [6.45, 7) is 0. The van der Waals surface area contributed by atoms with Gasteiger partial charge in [-0.3, -0.25) is 9.59 Å². The zero-order valence-corrected chi connectivity index (χ0v) is 14.4. The Balaban J connectivity index is 1.47. The van der Waals surface area contributed by atoms with E-state index in [-0.39, 0.29) is 0 Å². The van der Waals surface area contributed by atoms with E-state index in [0.29, 0.717) is 11.5 Å². The van der Waals surface area contributed by atoms with Crippen LogP contribution in [0.25, 0.3) is 21.5 Å². The second kappa shape index (κ2) is 7.30. The molecule has 0 saturated heterocycles. The lowest BCUT2D eigenvalue weighted by Gasteiger charge is -2.09. The van der Waals surface area contributed by atoms with Crippen LogP contribution < -0.4 is 9.47 Å². The van der Waals surface area contributed by atoms with E-state index < -0.39 is 18.4 Å². The molecule has 0 N–H and O–H groups in total. The second-order valence-electron chi connectivity index (χ2n) is 6.08. The molecule has 0 unspecified atom stereocenters. The maximum atomic E-state index is 12.2. The van der Waals surface area contributed by atoms with E-state index >= 15 is 0 Å². The third-order valence-electron chi connectivity index (χ3n) is 4.24. The fourth-order valence-corrected chi connectivity index (χ4v) is 3.00. The molecule has 132 valence electrons. The van der Waals surface area contributed by atoms with E-state index in [2.05, 4.69) is 0 Å². The van der Waals surface area contributed by atoms with Crippen molar-refractivity contribution in [3.05, 3.63) is 84.9 Å². The Morgan fingerprint density at radius 3 is 1.44 bits per heavy atom. The van der Waals surface area contributed by atoms with E-state index in [0.717, 1.165) is 21.5 Å². The lowest BCUT2D eigenvalue weighted by molar-refractivity contribution is -0.144. The maximum Gasteiger partial charge on any atom is 0.322 e. The van der Waals surface area contributed by atoms with Gasteiger partial charge in [0, 0.05) is 10.8 Å². The Morgan fingerprint density at radius 2 is 0.963 bits per heavy atom. The molecule has 0 atom stereocenters. The monoisotopic (exact) mass is 356 g/mol. The van der Waals surface area contributed by atoms with E-state index in [4.69, 9.17) is 9.47 Å². The van der Waals surface area contributed by atoms with Gasteiger partial charge >= 0.3 is 11.9 Å². The third-order valence-corrected chi connectivity index (χ3v) is 4.24. The first-order valence-electron chi connectivity index (χ1n) is 8.57. The molecule has 0 saturated carbocycles. The highest BCUT2D eigenvalue weighted by molar-refractivity contribution is 5.97. The largest absolute Gasteiger partial charge is 0.425 e. The van der Waals surface area contributed by atoms with Gasteiger partial charge in [0.15, 0.2) is 0 Å². The molecule has 0 spiro atoms. The summed E-state index contributed by atoms with van der Waals surface area (Å²) in [5, 5.41) is 3.55. The summed E-state index contributed by atoms with van der Waals surface area (Å²) in [5.41, 5.74) is 0. The van der Waals surface area contributed by atoms with Gasteiger partial charge in [-0.15, -0.1) is 0 Å². The summed E-state index contributed by atoms with van der Waals surface area (Å²) in [7, 11) is 0. The zero-order chi connectivity index (χ0) is 18.6.